The molecule has 0 aromatic carbocycles. The van der Waals surface area contributed by atoms with E-state index in [2.05, 4.69) is 9.97 Å². The Hall–Kier alpha value is -2.57. The number of piperidine rings is 1. The Morgan fingerprint density at radius 1 is 1.33 bits per heavy atom. The van der Waals surface area contributed by atoms with Crippen LogP contribution in [0, 0.1) is 0 Å². The summed E-state index contributed by atoms with van der Waals surface area (Å²) in [6, 6.07) is 3.73. The van der Waals surface area contributed by atoms with Gasteiger partial charge in [-0.05, 0) is 37.8 Å². The number of carbonyl (C=O) groups excluding carboxylic acids is 1. The third-order valence-corrected chi connectivity index (χ3v) is 5.56. The number of rotatable bonds is 1. The molecule has 3 heterocycles. The highest BCUT2D eigenvalue weighted by Crippen LogP contribution is 2.44. The predicted octanol–water partition coefficient (Wildman–Crippen LogP) is 0.811. The summed E-state index contributed by atoms with van der Waals surface area (Å²) in [4.78, 5) is 33.7. The number of hydrogen-bond acceptors (Lipinski definition) is 4. The first-order valence-corrected chi connectivity index (χ1v) is 8.30. The van der Waals surface area contributed by atoms with E-state index in [0.29, 0.717) is 18.8 Å². The minimum Gasteiger partial charge on any atom is -0.369 e. The van der Waals surface area contributed by atoms with Gasteiger partial charge in [-0.15, -0.1) is 0 Å². The summed E-state index contributed by atoms with van der Waals surface area (Å²) in [5.74, 6) is 0.247. The second-order valence-electron chi connectivity index (χ2n) is 6.86. The van der Waals surface area contributed by atoms with Gasteiger partial charge in [0.05, 0.1) is 5.69 Å². The maximum Gasteiger partial charge on any atom is 0.270 e. The molecule has 1 fully saturated rings. The van der Waals surface area contributed by atoms with E-state index >= 15 is 0 Å². The van der Waals surface area contributed by atoms with Gasteiger partial charge in [-0.3, -0.25) is 14.6 Å². The molecule has 0 saturated carbocycles. The van der Waals surface area contributed by atoms with Gasteiger partial charge in [0, 0.05) is 37.3 Å². The number of nitrogens with zero attached hydrogens (tertiary/aromatic N) is 3. The van der Waals surface area contributed by atoms with Crippen molar-refractivity contribution < 1.29 is 4.79 Å². The zero-order valence-electron chi connectivity index (χ0n) is 13.7. The van der Waals surface area contributed by atoms with Crippen LogP contribution in [0.5, 0.6) is 0 Å². The topological polar surface area (TPSA) is 97.0 Å². The third-order valence-electron chi connectivity index (χ3n) is 5.56. The first-order chi connectivity index (χ1) is 11.5. The van der Waals surface area contributed by atoms with E-state index in [9.17, 15) is 9.59 Å². The molecule has 126 valence electrons. The summed E-state index contributed by atoms with van der Waals surface area (Å²) in [6.07, 6.45) is 5.18. The average molecular weight is 327 g/mol. The molecule has 1 amide bonds. The van der Waals surface area contributed by atoms with Crippen LogP contribution in [0.2, 0.25) is 0 Å². The molecule has 2 aromatic rings. The Morgan fingerprint density at radius 2 is 2.08 bits per heavy atom. The van der Waals surface area contributed by atoms with E-state index in [-0.39, 0.29) is 22.8 Å². The molecule has 1 aliphatic carbocycles. The lowest BCUT2D eigenvalue weighted by atomic mass is 9.76. The van der Waals surface area contributed by atoms with Crippen molar-refractivity contribution in [3.8, 4) is 0 Å². The van der Waals surface area contributed by atoms with E-state index in [0.717, 1.165) is 36.9 Å². The van der Waals surface area contributed by atoms with Gasteiger partial charge in [0.15, 0.2) is 0 Å². The number of aryl methyl sites for hydroxylation is 1. The minimum absolute atomic E-state index is 0.0638. The molecule has 0 radical (unpaired) electrons. The van der Waals surface area contributed by atoms with E-state index in [1.54, 1.807) is 0 Å². The van der Waals surface area contributed by atoms with E-state index < -0.39 is 0 Å². The number of likely N-dealkylation sites (tertiary alicyclic amines) is 1. The molecule has 3 N–H and O–H groups in total. The Labute approximate surface area is 139 Å². The van der Waals surface area contributed by atoms with Crippen molar-refractivity contribution in [3.63, 3.8) is 0 Å². The number of fused-ring (bicyclic) bond motifs is 2. The van der Waals surface area contributed by atoms with Gasteiger partial charge in [0.1, 0.15) is 5.69 Å². The molecule has 2 aromatic heterocycles. The second kappa shape index (κ2) is 5.22. The highest BCUT2D eigenvalue weighted by Gasteiger charge is 2.44. The van der Waals surface area contributed by atoms with Gasteiger partial charge in [0.2, 0.25) is 5.95 Å². The third kappa shape index (κ3) is 2.15. The smallest absolute Gasteiger partial charge is 0.270 e. The lowest BCUT2D eigenvalue weighted by Crippen LogP contribution is -2.45. The van der Waals surface area contributed by atoms with Gasteiger partial charge in [0.25, 0.3) is 11.5 Å². The standard InChI is InChI=1S/C17H21N5O2/c1-21-8-2-3-12(21)15(24)22-9-6-17(7-10-22)5-4-11-13(17)19-16(18)20-14(11)23/h2-3,8H,4-7,9-10H2,1H3,(H3,18,19,20,23). The largest absolute Gasteiger partial charge is 0.369 e. The summed E-state index contributed by atoms with van der Waals surface area (Å²) < 4.78 is 1.85. The van der Waals surface area contributed by atoms with Crippen molar-refractivity contribution in [2.75, 3.05) is 18.8 Å². The van der Waals surface area contributed by atoms with Crippen LogP contribution in [-0.2, 0) is 18.9 Å². The number of nitrogens with one attached hydrogen (secondary N) is 1. The molecule has 0 unspecified atom stereocenters. The van der Waals surface area contributed by atoms with Crippen molar-refractivity contribution in [2.24, 2.45) is 7.05 Å². The number of nitrogens with two attached hydrogens (primary N) is 1. The highest BCUT2D eigenvalue weighted by molar-refractivity contribution is 5.92. The van der Waals surface area contributed by atoms with Crippen LogP contribution in [0.3, 0.4) is 0 Å². The Kier molecular flexibility index (Phi) is 3.26. The fourth-order valence-corrected chi connectivity index (χ4v) is 4.14. The lowest BCUT2D eigenvalue weighted by molar-refractivity contribution is 0.0654. The lowest BCUT2D eigenvalue weighted by Gasteiger charge is -2.39. The Balaban J connectivity index is 1.57. The zero-order valence-corrected chi connectivity index (χ0v) is 13.7. The maximum atomic E-state index is 12.7. The van der Waals surface area contributed by atoms with E-state index in [1.807, 2.05) is 34.8 Å². The quantitative estimate of drug-likeness (QED) is 0.810. The number of anilines is 1. The zero-order chi connectivity index (χ0) is 16.9. The van der Waals surface area contributed by atoms with Gasteiger partial charge in [-0.2, -0.15) is 0 Å². The SMILES string of the molecule is Cn1cccc1C(=O)N1CCC2(CCc3c2nc(N)[nH]c3=O)CC1. The van der Waals surface area contributed by atoms with E-state index in [1.165, 1.54) is 0 Å². The molecule has 1 spiro atoms. The Bertz CT molecular complexity index is 858. The fourth-order valence-electron chi connectivity index (χ4n) is 4.14. The van der Waals surface area contributed by atoms with Gasteiger partial charge in [-0.1, -0.05) is 0 Å². The van der Waals surface area contributed by atoms with Crippen LogP contribution in [-0.4, -0.2) is 38.4 Å². The summed E-state index contributed by atoms with van der Waals surface area (Å²) in [5, 5.41) is 0. The molecule has 0 bridgehead atoms. The van der Waals surface area contributed by atoms with Gasteiger partial charge in [-0.25, -0.2) is 4.98 Å². The summed E-state index contributed by atoms with van der Waals surface area (Å²) >= 11 is 0. The number of H-pyrrole nitrogens is 1. The molecular weight excluding hydrogens is 306 g/mol. The summed E-state index contributed by atoms with van der Waals surface area (Å²) in [5.41, 5.74) is 7.85. The van der Waals surface area contributed by atoms with Crippen molar-refractivity contribution in [1.29, 1.82) is 0 Å². The molecule has 2 aliphatic rings. The number of amides is 1. The number of hydrogen-bond donors (Lipinski definition) is 2. The molecule has 7 nitrogen and oxygen atoms in total. The predicted molar refractivity (Wildman–Crippen MR) is 89.8 cm³/mol. The monoisotopic (exact) mass is 327 g/mol. The minimum atomic E-state index is -0.114. The summed E-state index contributed by atoms with van der Waals surface area (Å²) in [6.45, 7) is 1.36. The number of nitrogen functional groups attached to an aromatic ring is 1. The molecule has 4 rings (SSSR count). The van der Waals surface area contributed by atoms with Crippen LogP contribution in [0.1, 0.15) is 41.0 Å². The van der Waals surface area contributed by atoms with Crippen molar-refractivity contribution in [2.45, 2.75) is 31.1 Å². The van der Waals surface area contributed by atoms with Crippen molar-refractivity contribution >= 4 is 11.9 Å². The van der Waals surface area contributed by atoms with Crippen LogP contribution in [0.25, 0.3) is 0 Å². The molecule has 7 heteroatoms. The number of carbonyl (C=O) groups is 1. The molecule has 1 aliphatic heterocycles. The maximum absolute atomic E-state index is 12.7. The average Bonchev–Trinajstić information content (AvgIpc) is 3.13. The second-order valence-corrected chi connectivity index (χ2v) is 6.86. The molecule has 1 saturated heterocycles. The van der Waals surface area contributed by atoms with Gasteiger partial charge >= 0.3 is 0 Å². The van der Waals surface area contributed by atoms with Crippen LogP contribution >= 0.6 is 0 Å². The highest BCUT2D eigenvalue weighted by atomic mass is 16.2. The van der Waals surface area contributed by atoms with Crippen LogP contribution in [0.4, 0.5) is 5.95 Å². The Morgan fingerprint density at radius 3 is 2.75 bits per heavy atom. The first-order valence-electron chi connectivity index (χ1n) is 8.30. The summed E-state index contributed by atoms with van der Waals surface area (Å²) in [7, 11) is 1.88. The molecular formula is C17H21N5O2. The normalized spacial score (nSPS) is 18.8. The van der Waals surface area contributed by atoms with Crippen molar-refractivity contribution in [3.05, 3.63) is 45.6 Å². The first kappa shape index (κ1) is 15.0. The number of aromatic amines is 1. The van der Waals surface area contributed by atoms with Gasteiger partial charge < -0.3 is 15.2 Å². The van der Waals surface area contributed by atoms with Crippen LogP contribution < -0.4 is 11.3 Å². The van der Waals surface area contributed by atoms with E-state index in [4.69, 9.17) is 5.73 Å². The molecule has 24 heavy (non-hydrogen) atoms. The van der Waals surface area contributed by atoms with Crippen LogP contribution in [0.15, 0.2) is 23.1 Å². The number of aromatic nitrogens is 3. The van der Waals surface area contributed by atoms with Crippen molar-refractivity contribution in [1.82, 2.24) is 19.4 Å². The molecule has 0 atom stereocenters. The fraction of sp³-hybridized carbons (Fsp3) is 0.471.